The highest BCUT2D eigenvalue weighted by Crippen LogP contribution is 2.23. The molecule has 1 aliphatic heterocycles. The van der Waals surface area contributed by atoms with E-state index in [4.69, 9.17) is 10.5 Å². The number of nitrogens with zero attached hydrogens (tertiary/aromatic N) is 1. The highest BCUT2D eigenvalue weighted by molar-refractivity contribution is 5.95. The smallest absolute Gasteiger partial charge is 0.251 e. The quantitative estimate of drug-likeness (QED) is 0.197. The number of amides is 2. The number of hydrogen-bond acceptors (Lipinski definition) is 6. The second kappa shape index (κ2) is 18.5. The van der Waals surface area contributed by atoms with Crippen molar-refractivity contribution >= 4 is 11.8 Å². The number of methoxy groups -OCH3 is 1. The van der Waals surface area contributed by atoms with E-state index in [1.807, 2.05) is 38.1 Å². The summed E-state index contributed by atoms with van der Waals surface area (Å²) in [6.45, 7) is 14.5. The molecule has 0 aromatic heterocycles. The zero-order valence-corrected chi connectivity index (χ0v) is 26.5. The minimum absolute atomic E-state index is 0.00880. The molecular weight excluding hydrogens is 516 g/mol. The lowest BCUT2D eigenvalue weighted by atomic mass is 9.83. The summed E-state index contributed by atoms with van der Waals surface area (Å²) in [5, 5.41) is 17.1. The number of likely N-dealkylation sites (tertiary alicyclic amines) is 1. The third-order valence-electron chi connectivity index (χ3n) is 8.83. The number of ether oxygens (including phenoxy) is 1. The van der Waals surface area contributed by atoms with Crippen LogP contribution in [0.15, 0.2) is 24.3 Å². The van der Waals surface area contributed by atoms with Crippen LogP contribution >= 0.6 is 0 Å². The van der Waals surface area contributed by atoms with Gasteiger partial charge in [-0.05, 0) is 67.9 Å². The molecule has 1 heterocycles. The fraction of sp³-hybridized carbons (Fsp3) is 0.758. The lowest BCUT2D eigenvalue weighted by Crippen LogP contribution is -2.44. The van der Waals surface area contributed by atoms with E-state index >= 15 is 0 Å². The van der Waals surface area contributed by atoms with Crippen molar-refractivity contribution in [1.82, 2.24) is 15.5 Å². The van der Waals surface area contributed by atoms with E-state index in [2.05, 4.69) is 36.3 Å². The summed E-state index contributed by atoms with van der Waals surface area (Å²) in [6, 6.07) is 7.39. The monoisotopic (exact) mass is 574 g/mol. The fourth-order valence-electron chi connectivity index (χ4n) is 5.66. The maximum Gasteiger partial charge on any atom is 0.251 e. The Kier molecular flexibility index (Phi) is 15.9. The van der Waals surface area contributed by atoms with Crippen molar-refractivity contribution in [2.75, 3.05) is 39.8 Å². The summed E-state index contributed by atoms with van der Waals surface area (Å²) in [4.78, 5) is 28.5. The zero-order valence-electron chi connectivity index (χ0n) is 26.5. The van der Waals surface area contributed by atoms with Gasteiger partial charge in [0, 0.05) is 57.4 Å². The molecule has 1 fully saturated rings. The van der Waals surface area contributed by atoms with Gasteiger partial charge in [0.1, 0.15) is 0 Å². The van der Waals surface area contributed by atoms with Crippen LogP contribution in [0.1, 0.15) is 89.1 Å². The number of unbranched alkanes of at least 4 members (excludes halogenated alkanes) is 1. The summed E-state index contributed by atoms with van der Waals surface area (Å²) >= 11 is 0. The summed E-state index contributed by atoms with van der Waals surface area (Å²) in [7, 11) is 1.79. The van der Waals surface area contributed by atoms with Crippen LogP contribution in [0.3, 0.4) is 0 Å². The van der Waals surface area contributed by atoms with Crippen LogP contribution in [0.2, 0.25) is 0 Å². The van der Waals surface area contributed by atoms with Crippen molar-refractivity contribution in [2.45, 2.75) is 97.8 Å². The molecule has 2 rings (SSSR count). The van der Waals surface area contributed by atoms with Crippen LogP contribution in [0, 0.1) is 23.7 Å². The molecule has 41 heavy (non-hydrogen) atoms. The lowest BCUT2D eigenvalue weighted by molar-refractivity contribution is -0.127. The predicted molar refractivity (Wildman–Crippen MR) is 167 cm³/mol. The molecule has 1 aromatic carbocycles. The van der Waals surface area contributed by atoms with E-state index in [9.17, 15) is 14.7 Å². The largest absolute Gasteiger partial charge is 0.391 e. The number of nitrogens with two attached hydrogens (primary N) is 1. The van der Waals surface area contributed by atoms with Crippen LogP contribution in [0.25, 0.3) is 0 Å². The molecule has 0 spiro atoms. The van der Waals surface area contributed by atoms with Gasteiger partial charge in [-0.1, -0.05) is 59.2 Å². The molecule has 4 unspecified atom stereocenters. The van der Waals surface area contributed by atoms with Gasteiger partial charge in [0.15, 0.2) is 0 Å². The number of benzene rings is 1. The normalized spacial score (nSPS) is 17.8. The topological polar surface area (TPSA) is 117 Å². The molecule has 1 aliphatic rings. The van der Waals surface area contributed by atoms with Gasteiger partial charge in [-0.3, -0.25) is 9.59 Å². The van der Waals surface area contributed by atoms with E-state index in [1.54, 1.807) is 7.11 Å². The Morgan fingerprint density at radius 2 is 1.76 bits per heavy atom. The molecule has 0 bridgehead atoms. The van der Waals surface area contributed by atoms with Crippen molar-refractivity contribution in [1.29, 1.82) is 0 Å². The second-order valence-electron chi connectivity index (χ2n) is 12.6. The molecule has 8 heteroatoms. The summed E-state index contributed by atoms with van der Waals surface area (Å²) in [5.74, 6) is 0.127. The number of aliphatic hydroxyl groups is 1. The Morgan fingerprint density at radius 1 is 1.07 bits per heavy atom. The minimum Gasteiger partial charge on any atom is -0.391 e. The highest BCUT2D eigenvalue weighted by atomic mass is 16.5. The number of nitrogens with one attached hydrogen (secondary N) is 2. The van der Waals surface area contributed by atoms with Crippen molar-refractivity contribution < 1.29 is 19.4 Å². The standard InChI is InChI=1S/C33H58N4O4/c1-7-8-16-35-33(40)29(24(4)5)21-31(38)30(34)20-26(23(2)3)22-36-32(39)28-12-10-9-11-25(28)13-17-37-18-14-27(41-6)15-19-37/h9-12,23-24,26-27,29-31,38H,7-8,13-22,34H2,1-6H3,(H,35,40)(H,36,39). The van der Waals surface area contributed by atoms with E-state index < -0.39 is 12.1 Å². The first-order valence-electron chi connectivity index (χ1n) is 15.9. The molecule has 2 amide bonds. The van der Waals surface area contributed by atoms with Gasteiger partial charge in [-0.15, -0.1) is 0 Å². The Hall–Kier alpha value is -2.00. The van der Waals surface area contributed by atoms with Crippen molar-refractivity contribution in [2.24, 2.45) is 29.4 Å². The molecule has 0 radical (unpaired) electrons. The lowest BCUT2D eigenvalue weighted by Gasteiger charge is -2.31. The summed E-state index contributed by atoms with van der Waals surface area (Å²) in [6.07, 6.45) is 5.38. The average Bonchev–Trinajstić information content (AvgIpc) is 2.96. The van der Waals surface area contributed by atoms with E-state index in [0.717, 1.165) is 62.9 Å². The van der Waals surface area contributed by atoms with Crippen LogP contribution in [-0.2, 0) is 16.0 Å². The van der Waals surface area contributed by atoms with Gasteiger partial charge in [-0.25, -0.2) is 0 Å². The van der Waals surface area contributed by atoms with Gasteiger partial charge in [0.05, 0.1) is 12.2 Å². The number of piperidine rings is 1. The van der Waals surface area contributed by atoms with Crippen molar-refractivity contribution in [3.63, 3.8) is 0 Å². The third-order valence-corrected chi connectivity index (χ3v) is 8.83. The highest BCUT2D eigenvalue weighted by Gasteiger charge is 2.30. The van der Waals surface area contributed by atoms with Crippen molar-refractivity contribution in [3.05, 3.63) is 35.4 Å². The first-order valence-corrected chi connectivity index (χ1v) is 15.9. The van der Waals surface area contributed by atoms with Gasteiger partial charge >= 0.3 is 0 Å². The molecule has 1 aromatic rings. The summed E-state index contributed by atoms with van der Waals surface area (Å²) in [5.41, 5.74) is 8.27. The number of rotatable bonds is 18. The Labute approximate surface area is 249 Å². The van der Waals surface area contributed by atoms with Crippen LogP contribution in [0.5, 0.6) is 0 Å². The second-order valence-corrected chi connectivity index (χ2v) is 12.6. The zero-order chi connectivity index (χ0) is 30.4. The molecule has 8 nitrogen and oxygen atoms in total. The molecule has 0 saturated carbocycles. The molecule has 4 atom stereocenters. The van der Waals surface area contributed by atoms with Crippen LogP contribution in [0.4, 0.5) is 0 Å². The predicted octanol–water partition coefficient (Wildman–Crippen LogP) is 4.00. The Balaban J connectivity index is 1.92. The maximum absolute atomic E-state index is 13.3. The Bertz CT molecular complexity index is 901. The van der Waals surface area contributed by atoms with Crippen LogP contribution < -0.4 is 16.4 Å². The Morgan fingerprint density at radius 3 is 2.37 bits per heavy atom. The molecule has 1 saturated heterocycles. The molecule has 5 N–H and O–H groups in total. The number of hydrogen-bond donors (Lipinski definition) is 4. The van der Waals surface area contributed by atoms with E-state index in [-0.39, 0.29) is 35.5 Å². The van der Waals surface area contributed by atoms with E-state index in [0.29, 0.717) is 32.0 Å². The molecular formula is C33H58N4O4. The summed E-state index contributed by atoms with van der Waals surface area (Å²) < 4.78 is 5.49. The molecule has 234 valence electrons. The number of aliphatic hydroxyl groups excluding tert-OH is 1. The van der Waals surface area contributed by atoms with Gasteiger partial charge < -0.3 is 31.1 Å². The van der Waals surface area contributed by atoms with Crippen LogP contribution in [-0.4, -0.2) is 79.9 Å². The maximum atomic E-state index is 13.3. The van der Waals surface area contributed by atoms with Gasteiger partial charge in [0.25, 0.3) is 5.91 Å². The first kappa shape index (κ1) is 35.2. The number of carbonyl (C=O) groups is 2. The van der Waals surface area contributed by atoms with Crippen molar-refractivity contribution in [3.8, 4) is 0 Å². The third kappa shape index (κ3) is 12.0. The fourth-order valence-corrected chi connectivity index (χ4v) is 5.66. The van der Waals surface area contributed by atoms with Gasteiger partial charge in [0.2, 0.25) is 5.91 Å². The molecule has 0 aliphatic carbocycles. The first-order chi connectivity index (χ1) is 19.6. The number of carbonyl (C=O) groups excluding carboxylic acids is 2. The van der Waals surface area contributed by atoms with E-state index in [1.165, 1.54) is 0 Å². The van der Waals surface area contributed by atoms with Gasteiger partial charge in [-0.2, -0.15) is 0 Å². The minimum atomic E-state index is -0.786. The SMILES string of the molecule is CCCCNC(=O)C(CC(O)C(N)CC(CNC(=O)c1ccccc1CCN1CCC(OC)CC1)C(C)C)C(C)C. The average molecular weight is 575 g/mol.